The fourth-order valence-electron chi connectivity index (χ4n) is 2.85. The van der Waals surface area contributed by atoms with Crippen molar-refractivity contribution in [2.45, 2.75) is 44.9 Å². The van der Waals surface area contributed by atoms with Gasteiger partial charge in [0, 0.05) is 36.0 Å². The molecule has 0 saturated carbocycles. The fraction of sp³-hybridized carbons (Fsp3) is 0.400. The van der Waals surface area contributed by atoms with E-state index in [0.29, 0.717) is 29.5 Å². The molecule has 164 valence electrons. The number of amides is 1. The molecule has 0 atom stereocenters. The highest BCUT2D eigenvalue weighted by molar-refractivity contribution is 7.99. The number of nitro groups is 1. The molecular weight excluding hydrogens is 418 g/mol. The van der Waals surface area contributed by atoms with E-state index in [9.17, 15) is 14.9 Å². The molecule has 0 fully saturated rings. The van der Waals surface area contributed by atoms with Crippen molar-refractivity contribution in [3.8, 4) is 0 Å². The van der Waals surface area contributed by atoms with Gasteiger partial charge < -0.3 is 10.6 Å². The van der Waals surface area contributed by atoms with Crippen LogP contribution in [-0.4, -0.2) is 48.9 Å². The first-order valence-electron chi connectivity index (χ1n) is 10.0. The topological polar surface area (TPSA) is 128 Å². The van der Waals surface area contributed by atoms with Crippen LogP contribution in [0.1, 0.15) is 37.6 Å². The van der Waals surface area contributed by atoms with Gasteiger partial charge in [-0.05, 0) is 32.4 Å². The molecule has 1 aromatic carbocycles. The van der Waals surface area contributed by atoms with Crippen LogP contribution in [0.5, 0.6) is 0 Å². The summed E-state index contributed by atoms with van der Waals surface area (Å²) >= 11 is 1.60. The minimum Gasteiger partial charge on any atom is -0.367 e. The summed E-state index contributed by atoms with van der Waals surface area (Å²) in [5.41, 5.74) is 1.02. The minimum atomic E-state index is -0.498. The molecule has 2 aromatic heterocycles. The van der Waals surface area contributed by atoms with E-state index < -0.39 is 4.92 Å². The van der Waals surface area contributed by atoms with E-state index in [1.165, 1.54) is 24.3 Å². The lowest BCUT2D eigenvalue weighted by Gasteiger charge is -2.12. The Hall–Kier alpha value is -3.21. The number of nitrogens with one attached hydrogen (secondary N) is 2. The first-order valence-corrected chi connectivity index (χ1v) is 11.0. The molecule has 3 aromatic rings. The summed E-state index contributed by atoms with van der Waals surface area (Å²) in [4.78, 5) is 31.8. The molecule has 0 aliphatic rings. The molecule has 0 aliphatic carbocycles. The van der Waals surface area contributed by atoms with Crippen LogP contribution in [0, 0.1) is 10.1 Å². The average Bonchev–Trinajstić information content (AvgIpc) is 3.15. The van der Waals surface area contributed by atoms with Crippen LogP contribution in [0.25, 0.3) is 11.0 Å². The number of nitro benzene ring substituents is 1. The third-order valence-electron chi connectivity index (χ3n) is 4.29. The van der Waals surface area contributed by atoms with Crippen molar-refractivity contribution >= 4 is 40.2 Å². The van der Waals surface area contributed by atoms with Crippen molar-refractivity contribution in [2.24, 2.45) is 0 Å². The van der Waals surface area contributed by atoms with Gasteiger partial charge in [0.05, 0.1) is 23.1 Å². The van der Waals surface area contributed by atoms with Gasteiger partial charge in [-0.2, -0.15) is 5.10 Å². The summed E-state index contributed by atoms with van der Waals surface area (Å²) in [7, 11) is 0. The Bertz CT molecular complexity index is 1070. The Labute approximate surface area is 184 Å². The molecule has 0 aliphatic heterocycles. The molecule has 0 saturated heterocycles. The number of non-ortho nitro benzene ring substituents is 1. The molecular formula is C20H25N7O3S. The van der Waals surface area contributed by atoms with Crippen LogP contribution >= 0.6 is 11.8 Å². The minimum absolute atomic E-state index is 0.0539. The maximum absolute atomic E-state index is 12.3. The average molecular weight is 444 g/mol. The molecule has 1 amide bonds. The van der Waals surface area contributed by atoms with E-state index in [1.54, 1.807) is 22.6 Å². The number of carbonyl (C=O) groups excluding carboxylic acids is 1. The van der Waals surface area contributed by atoms with Gasteiger partial charge in [-0.25, -0.2) is 14.6 Å². The van der Waals surface area contributed by atoms with E-state index >= 15 is 0 Å². The summed E-state index contributed by atoms with van der Waals surface area (Å²) in [5, 5.41) is 22.8. The predicted molar refractivity (Wildman–Crippen MR) is 121 cm³/mol. The van der Waals surface area contributed by atoms with E-state index in [0.717, 1.165) is 23.4 Å². The lowest BCUT2D eigenvalue weighted by Crippen LogP contribution is -2.27. The molecule has 2 heterocycles. The number of rotatable bonds is 10. The van der Waals surface area contributed by atoms with Crippen molar-refractivity contribution < 1.29 is 9.72 Å². The smallest absolute Gasteiger partial charge is 0.269 e. The second-order valence-corrected chi connectivity index (χ2v) is 8.23. The zero-order chi connectivity index (χ0) is 22.4. The normalized spacial score (nSPS) is 11.1. The Balaban J connectivity index is 1.72. The van der Waals surface area contributed by atoms with Crippen LogP contribution in [0.2, 0.25) is 0 Å². The van der Waals surface area contributed by atoms with E-state index in [-0.39, 0.29) is 17.6 Å². The standard InChI is InChI=1S/C20H25N7O3S/c1-4-11-31-20-24-17(23-13(2)3)16-12-22-26(18(16)25-20)10-9-21-19(28)14-5-7-15(8-6-14)27(29)30/h5-8,12-13H,4,9-11H2,1-3H3,(H,21,28)(H,23,24,25). The van der Waals surface area contributed by atoms with Gasteiger partial charge in [0.25, 0.3) is 11.6 Å². The lowest BCUT2D eigenvalue weighted by molar-refractivity contribution is -0.384. The van der Waals surface area contributed by atoms with E-state index in [2.05, 4.69) is 32.6 Å². The van der Waals surface area contributed by atoms with Crippen LogP contribution in [0.4, 0.5) is 11.5 Å². The number of benzene rings is 1. The number of aromatic nitrogens is 4. The highest BCUT2D eigenvalue weighted by atomic mass is 32.2. The Morgan fingerprint density at radius 2 is 2.00 bits per heavy atom. The number of anilines is 1. The molecule has 31 heavy (non-hydrogen) atoms. The highest BCUT2D eigenvalue weighted by Gasteiger charge is 2.15. The Morgan fingerprint density at radius 3 is 2.65 bits per heavy atom. The molecule has 0 radical (unpaired) electrons. The van der Waals surface area contributed by atoms with Gasteiger partial charge in [0.15, 0.2) is 10.8 Å². The summed E-state index contributed by atoms with van der Waals surface area (Å²) < 4.78 is 1.74. The highest BCUT2D eigenvalue weighted by Crippen LogP contribution is 2.25. The van der Waals surface area contributed by atoms with Crippen molar-refractivity contribution in [2.75, 3.05) is 17.6 Å². The van der Waals surface area contributed by atoms with Crippen LogP contribution in [0.3, 0.4) is 0 Å². The molecule has 3 rings (SSSR count). The third-order valence-corrected chi connectivity index (χ3v) is 5.34. The molecule has 10 nitrogen and oxygen atoms in total. The van der Waals surface area contributed by atoms with Crippen LogP contribution in [0.15, 0.2) is 35.6 Å². The number of hydrogen-bond donors (Lipinski definition) is 2. The molecule has 0 unspecified atom stereocenters. The number of thioether (sulfide) groups is 1. The summed E-state index contributed by atoms with van der Waals surface area (Å²) in [6, 6.07) is 5.71. The van der Waals surface area contributed by atoms with Gasteiger partial charge in [-0.1, -0.05) is 18.7 Å². The zero-order valence-electron chi connectivity index (χ0n) is 17.7. The summed E-state index contributed by atoms with van der Waals surface area (Å²) in [6.45, 7) is 6.96. The quantitative estimate of drug-likeness (QED) is 0.211. The first kappa shape index (κ1) is 22.5. The van der Waals surface area contributed by atoms with Gasteiger partial charge in [0.2, 0.25) is 0 Å². The summed E-state index contributed by atoms with van der Waals surface area (Å²) in [5.74, 6) is 1.37. The SMILES string of the molecule is CCCSc1nc(NC(C)C)c2cnn(CCNC(=O)c3ccc([N+](=O)[O-])cc3)c2n1. The van der Waals surface area contributed by atoms with E-state index in [4.69, 9.17) is 0 Å². The van der Waals surface area contributed by atoms with Gasteiger partial charge in [0.1, 0.15) is 5.82 Å². The fourth-order valence-corrected chi connectivity index (χ4v) is 3.55. The van der Waals surface area contributed by atoms with E-state index in [1.807, 2.05) is 13.8 Å². The number of nitrogens with zero attached hydrogens (tertiary/aromatic N) is 5. The van der Waals surface area contributed by atoms with Crippen molar-refractivity contribution in [1.29, 1.82) is 0 Å². The lowest BCUT2D eigenvalue weighted by atomic mass is 10.2. The van der Waals surface area contributed by atoms with Crippen LogP contribution < -0.4 is 10.6 Å². The van der Waals surface area contributed by atoms with Crippen molar-refractivity contribution in [3.63, 3.8) is 0 Å². The molecule has 2 N–H and O–H groups in total. The van der Waals surface area contributed by atoms with Gasteiger partial charge in [-0.15, -0.1) is 0 Å². The van der Waals surface area contributed by atoms with Crippen molar-refractivity contribution in [3.05, 3.63) is 46.1 Å². The maximum atomic E-state index is 12.3. The largest absolute Gasteiger partial charge is 0.367 e. The third kappa shape index (κ3) is 5.69. The monoisotopic (exact) mass is 443 g/mol. The maximum Gasteiger partial charge on any atom is 0.269 e. The van der Waals surface area contributed by atoms with Gasteiger partial charge in [-0.3, -0.25) is 14.9 Å². The Morgan fingerprint density at radius 1 is 1.26 bits per heavy atom. The predicted octanol–water partition coefficient (Wildman–Crippen LogP) is 3.49. The second kappa shape index (κ2) is 10.2. The molecule has 0 spiro atoms. The summed E-state index contributed by atoms with van der Waals surface area (Å²) in [6.07, 6.45) is 2.75. The number of carbonyl (C=O) groups is 1. The van der Waals surface area contributed by atoms with Crippen molar-refractivity contribution in [1.82, 2.24) is 25.1 Å². The second-order valence-electron chi connectivity index (χ2n) is 7.17. The zero-order valence-corrected chi connectivity index (χ0v) is 18.5. The molecule has 0 bridgehead atoms. The number of hydrogen-bond acceptors (Lipinski definition) is 8. The van der Waals surface area contributed by atoms with Crippen LogP contribution in [-0.2, 0) is 6.54 Å². The van der Waals surface area contributed by atoms with Gasteiger partial charge >= 0.3 is 0 Å². The Kier molecular flexibility index (Phi) is 7.40. The number of fused-ring (bicyclic) bond motifs is 1. The molecule has 11 heteroatoms. The first-order chi connectivity index (χ1) is 14.9.